The molecule has 0 saturated carbocycles. The fourth-order valence-corrected chi connectivity index (χ4v) is 5.21. The minimum Gasteiger partial charge on any atom is -0.388 e. The molecule has 0 radical (unpaired) electrons. The third-order valence-electron chi connectivity index (χ3n) is 5.63. The van der Waals surface area contributed by atoms with E-state index in [0.29, 0.717) is 5.95 Å². The molecule has 1 fully saturated rings. The summed E-state index contributed by atoms with van der Waals surface area (Å²) in [6, 6.07) is 13.2. The van der Waals surface area contributed by atoms with Crippen LogP contribution in [0.5, 0.6) is 0 Å². The third-order valence-corrected chi connectivity index (χ3v) is 6.97. The summed E-state index contributed by atoms with van der Waals surface area (Å²) in [5.74, 6) is 1.25. The molecule has 156 valence electrons. The summed E-state index contributed by atoms with van der Waals surface area (Å²) < 4.78 is 2.65. The van der Waals surface area contributed by atoms with Crippen molar-refractivity contribution in [2.75, 3.05) is 0 Å². The molecule has 1 N–H and O–H groups in total. The number of rotatable bonds is 1. The first kappa shape index (κ1) is 22.9. The molecule has 5 heteroatoms. The Labute approximate surface area is 201 Å². The van der Waals surface area contributed by atoms with Gasteiger partial charge in [-0.15, -0.1) is 0 Å². The van der Waals surface area contributed by atoms with Crippen LogP contribution in [0.25, 0.3) is 0 Å². The van der Waals surface area contributed by atoms with E-state index in [2.05, 4.69) is 105 Å². The van der Waals surface area contributed by atoms with Crippen molar-refractivity contribution in [3.63, 3.8) is 0 Å². The highest BCUT2D eigenvalue weighted by atomic mass is 127. The summed E-state index contributed by atoms with van der Waals surface area (Å²) in [7, 11) is 0. The van der Waals surface area contributed by atoms with Crippen molar-refractivity contribution in [2.24, 2.45) is 0 Å². The van der Waals surface area contributed by atoms with Crippen LogP contribution < -0.4 is 0 Å². The second kappa shape index (κ2) is 11.0. The van der Waals surface area contributed by atoms with E-state index in [1.165, 1.54) is 38.4 Å². The van der Waals surface area contributed by atoms with Crippen molar-refractivity contribution < 1.29 is 14.9 Å². The quantitative estimate of drug-likeness (QED) is 0.209. The van der Waals surface area contributed by atoms with E-state index in [4.69, 9.17) is 0 Å². The van der Waals surface area contributed by atoms with Crippen LogP contribution in [0.3, 0.4) is 0 Å². The topological polar surface area (TPSA) is 45.3 Å². The predicted molar refractivity (Wildman–Crippen MR) is 133 cm³/mol. The van der Waals surface area contributed by atoms with E-state index in [0.717, 1.165) is 30.7 Å². The van der Waals surface area contributed by atoms with Crippen LogP contribution in [0, 0.1) is 7.14 Å². The van der Waals surface area contributed by atoms with E-state index in [1.54, 1.807) is 11.1 Å². The molecule has 0 bridgehead atoms. The smallest absolute Gasteiger partial charge is 0.372 e. The molecule has 3 nitrogen and oxygen atoms in total. The van der Waals surface area contributed by atoms with Gasteiger partial charge in [0.2, 0.25) is 0 Å². The Balaban J connectivity index is 0.000000139. The van der Waals surface area contributed by atoms with E-state index in [9.17, 15) is 5.11 Å². The van der Waals surface area contributed by atoms with Crippen LogP contribution in [0.15, 0.2) is 48.9 Å². The molecule has 2 aliphatic carbocycles. The molecule has 0 aromatic heterocycles. The normalized spacial score (nSPS) is 21.0. The number of hydrogen-bond acceptors (Lipinski definition) is 3. The van der Waals surface area contributed by atoms with Crippen LogP contribution in [0.4, 0.5) is 0 Å². The van der Waals surface area contributed by atoms with Crippen LogP contribution in [0.2, 0.25) is 0 Å². The summed E-state index contributed by atoms with van der Waals surface area (Å²) in [4.78, 5) is 8.03. The first-order valence-electron chi connectivity index (χ1n) is 10.3. The molecule has 0 unspecified atom stereocenters. The lowest BCUT2D eigenvalue weighted by Gasteiger charge is -2.24. The molecule has 29 heavy (non-hydrogen) atoms. The summed E-state index contributed by atoms with van der Waals surface area (Å²) in [5.41, 5.74) is 5.70. The Morgan fingerprint density at radius 2 is 1.45 bits per heavy atom. The average Bonchev–Trinajstić information content (AvgIpc) is 3.50. The molecule has 1 saturated heterocycles. The number of aryl methyl sites for hydroxylation is 2. The SMILES string of the molecule is C=C1OO1.CC[C@@H]1CCCc2cc(I)ccc21.O[C@H]1CCCc2cc(I)ccc21. The van der Waals surface area contributed by atoms with Gasteiger partial charge in [0, 0.05) is 7.14 Å². The summed E-state index contributed by atoms with van der Waals surface area (Å²) >= 11 is 4.72. The lowest BCUT2D eigenvalue weighted by Crippen LogP contribution is -2.08. The monoisotopic (exact) mass is 618 g/mol. The zero-order valence-corrected chi connectivity index (χ0v) is 21.1. The van der Waals surface area contributed by atoms with Gasteiger partial charge in [0.1, 0.15) is 0 Å². The summed E-state index contributed by atoms with van der Waals surface area (Å²) in [6.07, 6.45) is 8.32. The van der Waals surface area contributed by atoms with Gasteiger partial charge in [-0.3, -0.25) is 0 Å². The Bertz CT molecular complexity index is 844. The Hall–Kier alpha value is -0.800. The number of benzene rings is 2. The standard InChI is InChI=1S/C12H15I.C10H11IO.C2H2O2/c1-2-9-4-3-5-10-8-11(13)6-7-12(9)10;11-8-4-5-9-7(6-8)2-1-3-10(9)12;1-2-3-4-2/h6-9H,2-5H2,1H3;4-6,10,12H,1-3H2;1H2/t9-;10-;/m10./s1. The third kappa shape index (κ3) is 6.85. The molecule has 2 aromatic carbocycles. The van der Waals surface area contributed by atoms with Gasteiger partial charge in [0.15, 0.2) is 0 Å². The number of aliphatic hydroxyl groups is 1. The van der Waals surface area contributed by atoms with E-state index < -0.39 is 0 Å². The van der Waals surface area contributed by atoms with Gasteiger partial charge in [0.05, 0.1) is 6.10 Å². The molecular formula is C24H28I2O3. The number of halogens is 2. The molecule has 3 aliphatic rings. The predicted octanol–water partition coefficient (Wildman–Crippen LogP) is 7.20. The van der Waals surface area contributed by atoms with Crippen molar-refractivity contribution >= 4 is 45.2 Å². The van der Waals surface area contributed by atoms with Gasteiger partial charge in [0.25, 0.3) is 0 Å². The molecule has 0 amide bonds. The van der Waals surface area contributed by atoms with Crippen molar-refractivity contribution in [3.8, 4) is 0 Å². The molecule has 1 heterocycles. The second-order valence-corrected chi connectivity index (χ2v) is 10.1. The van der Waals surface area contributed by atoms with Gasteiger partial charge in [-0.1, -0.05) is 19.1 Å². The number of fused-ring (bicyclic) bond motifs is 2. The number of hydrogen-bond donors (Lipinski definition) is 1. The fourth-order valence-electron chi connectivity index (χ4n) is 4.09. The van der Waals surface area contributed by atoms with Crippen molar-refractivity contribution in [3.05, 3.63) is 78.3 Å². The van der Waals surface area contributed by atoms with Gasteiger partial charge in [-0.2, -0.15) is 0 Å². The Morgan fingerprint density at radius 3 is 2.00 bits per heavy atom. The Kier molecular flexibility index (Phi) is 8.68. The molecule has 5 rings (SSSR count). The zero-order chi connectivity index (χ0) is 20.8. The van der Waals surface area contributed by atoms with E-state index >= 15 is 0 Å². The summed E-state index contributed by atoms with van der Waals surface area (Å²) in [6.45, 7) is 5.53. The van der Waals surface area contributed by atoms with Gasteiger partial charge in [-0.05, 0) is 149 Å². The highest BCUT2D eigenvalue weighted by molar-refractivity contribution is 14.1. The Morgan fingerprint density at radius 1 is 0.931 bits per heavy atom. The van der Waals surface area contributed by atoms with E-state index in [1.807, 2.05) is 0 Å². The zero-order valence-electron chi connectivity index (χ0n) is 16.8. The van der Waals surface area contributed by atoms with E-state index in [-0.39, 0.29) is 6.10 Å². The molecule has 2 atom stereocenters. The van der Waals surface area contributed by atoms with Crippen molar-refractivity contribution in [2.45, 2.75) is 63.9 Å². The average molecular weight is 618 g/mol. The highest BCUT2D eigenvalue weighted by Crippen LogP contribution is 2.34. The molecule has 0 spiro atoms. The first-order chi connectivity index (χ1) is 14.0. The lowest BCUT2D eigenvalue weighted by molar-refractivity contribution is 0.0850. The second-order valence-electron chi connectivity index (χ2n) is 7.63. The largest absolute Gasteiger partial charge is 0.388 e. The maximum Gasteiger partial charge on any atom is 0.372 e. The van der Waals surface area contributed by atoms with Crippen LogP contribution in [-0.4, -0.2) is 5.11 Å². The fraction of sp³-hybridized carbons (Fsp3) is 0.417. The molecule has 2 aromatic rings. The molecule has 1 aliphatic heterocycles. The molecular weight excluding hydrogens is 590 g/mol. The first-order valence-corrected chi connectivity index (χ1v) is 12.4. The summed E-state index contributed by atoms with van der Waals surface area (Å²) in [5, 5.41) is 9.65. The lowest BCUT2D eigenvalue weighted by atomic mass is 9.81. The van der Waals surface area contributed by atoms with Gasteiger partial charge < -0.3 is 5.11 Å². The van der Waals surface area contributed by atoms with Crippen molar-refractivity contribution in [1.82, 2.24) is 0 Å². The maximum atomic E-state index is 9.65. The minimum absolute atomic E-state index is 0.217. The number of aliphatic hydroxyl groups excluding tert-OH is 1. The van der Waals surface area contributed by atoms with Crippen LogP contribution in [-0.2, 0) is 22.6 Å². The van der Waals surface area contributed by atoms with Crippen molar-refractivity contribution in [1.29, 1.82) is 0 Å². The van der Waals surface area contributed by atoms with Gasteiger partial charge >= 0.3 is 5.95 Å². The minimum atomic E-state index is -0.217. The van der Waals surface area contributed by atoms with Crippen LogP contribution >= 0.6 is 45.2 Å². The highest BCUT2D eigenvalue weighted by Gasteiger charge is 2.18. The van der Waals surface area contributed by atoms with Crippen LogP contribution in [0.1, 0.15) is 73.3 Å². The van der Waals surface area contributed by atoms with Gasteiger partial charge in [-0.25, -0.2) is 9.78 Å². The maximum absolute atomic E-state index is 9.65.